The quantitative estimate of drug-likeness (QED) is 0.820. The molecule has 0 unspecified atom stereocenters. The summed E-state index contributed by atoms with van der Waals surface area (Å²) >= 11 is 0. The monoisotopic (exact) mass is 293 g/mol. The van der Waals surface area contributed by atoms with Gasteiger partial charge in [-0.05, 0) is 39.8 Å². The summed E-state index contributed by atoms with van der Waals surface area (Å²) in [5, 5.41) is 21.3. The van der Waals surface area contributed by atoms with Gasteiger partial charge in [-0.2, -0.15) is 5.06 Å². The normalized spacial score (nSPS) is 22.0. The minimum Gasteiger partial charge on any atom is -0.507 e. The van der Waals surface area contributed by atoms with Crippen LogP contribution in [-0.4, -0.2) is 38.5 Å². The number of nitrogens with zero attached hydrogens (tertiary/aromatic N) is 1. The second-order valence-electron chi connectivity index (χ2n) is 6.89. The molecule has 0 spiro atoms. The van der Waals surface area contributed by atoms with E-state index in [1.165, 1.54) is 17.2 Å². The summed E-state index contributed by atoms with van der Waals surface area (Å²) in [6.07, 6.45) is 0.768. The van der Waals surface area contributed by atoms with Gasteiger partial charge in [0.05, 0.1) is 0 Å². The molecule has 1 aliphatic heterocycles. The summed E-state index contributed by atoms with van der Waals surface area (Å²) in [7, 11) is 0. The van der Waals surface area contributed by atoms with Crippen LogP contribution in [0.3, 0.4) is 0 Å². The topological polar surface area (TPSA) is 70.0 Å². The number of rotatable bonds is 2. The van der Waals surface area contributed by atoms with Gasteiger partial charge in [0.1, 0.15) is 17.4 Å². The van der Waals surface area contributed by atoms with Crippen LogP contribution < -0.4 is 0 Å². The standard InChI is InChI=1S/C16H23NO4/c1-15(2)9-11(10-16(3,4)17(15)20)21-14(19)12-7-5-6-8-13(12)18/h5-8,11,18,20H,9-10H2,1-4H3. The van der Waals surface area contributed by atoms with Gasteiger partial charge in [-0.3, -0.25) is 0 Å². The molecule has 2 N–H and O–H groups in total. The summed E-state index contributed by atoms with van der Waals surface area (Å²) in [4.78, 5) is 12.2. The average molecular weight is 293 g/mol. The Morgan fingerprint density at radius 3 is 2.24 bits per heavy atom. The highest BCUT2D eigenvalue weighted by atomic mass is 16.5. The maximum atomic E-state index is 12.2. The number of phenols is 1. The van der Waals surface area contributed by atoms with E-state index in [1.807, 2.05) is 27.7 Å². The molecule has 0 aliphatic carbocycles. The molecule has 1 aromatic rings. The molecule has 21 heavy (non-hydrogen) atoms. The van der Waals surface area contributed by atoms with Crippen LogP contribution in [0, 0.1) is 0 Å². The average Bonchev–Trinajstić information content (AvgIpc) is 2.35. The highest BCUT2D eigenvalue weighted by molar-refractivity contribution is 5.92. The third-order valence-corrected chi connectivity index (χ3v) is 4.00. The van der Waals surface area contributed by atoms with E-state index in [-0.39, 0.29) is 17.4 Å². The van der Waals surface area contributed by atoms with Gasteiger partial charge in [0.15, 0.2) is 0 Å². The van der Waals surface area contributed by atoms with Crippen LogP contribution in [0.2, 0.25) is 0 Å². The predicted octanol–water partition coefficient (Wildman–Crippen LogP) is 2.96. The number of hydrogen-bond donors (Lipinski definition) is 2. The lowest BCUT2D eigenvalue weighted by Crippen LogP contribution is -2.60. The summed E-state index contributed by atoms with van der Waals surface area (Å²) < 4.78 is 5.54. The van der Waals surface area contributed by atoms with Crippen molar-refractivity contribution in [3.63, 3.8) is 0 Å². The van der Waals surface area contributed by atoms with Crippen LogP contribution in [-0.2, 0) is 4.74 Å². The van der Waals surface area contributed by atoms with Crippen molar-refractivity contribution in [3.8, 4) is 5.75 Å². The molecule has 116 valence electrons. The molecule has 0 amide bonds. The van der Waals surface area contributed by atoms with E-state index in [2.05, 4.69) is 0 Å². The van der Waals surface area contributed by atoms with Crippen LogP contribution in [0.15, 0.2) is 24.3 Å². The second kappa shape index (κ2) is 5.31. The molecule has 0 aromatic heterocycles. The first kappa shape index (κ1) is 15.8. The molecule has 1 aliphatic rings. The molecule has 5 nitrogen and oxygen atoms in total. The van der Waals surface area contributed by atoms with E-state index in [4.69, 9.17) is 4.74 Å². The summed E-state index contributed by atoms with van der Waals surface area (Å²) in [5.41, 5.74) is -0.795. The Morgan fingerprint density at radius 1 is 1.19 bits per heavy atom. The van der Waals surface area contributed by atoms with Crippen LogP contribution in [0.1, 0.15) is 50.9 Å². The number of carbonyl (C=O) groups is 1. The molecule has 0 saturated carbocycles. The van der Waals surface area contributed by atoms with Crippen molar-refractivity contribution in [3.05, 3.63) is 29.8 Å². The zero-order valence-electron chi connectivity index (χ0n) is 13.0. The van der Waals surface area contributed by atoms with Gasteiger partial charge in [0.25, 0.3) is 0 Å². The number of piperidine rings is 1. The highest BCUT2D eigenvalue weighted by Crippen LogP contribution is 2.38. The Balaban J connectivity index is 2.14. The van der Waals surface area contributed by atoms with Crippen molar-refractivity contribution in [2.24, 2.45) is 0 Å². The molecule has 1 fully saturated rings. The molecule has 0 radical (unpaired) electrons. The van der Waals surface area contributed by atoms with E-state index in [9.17, 15) is 15.1 Å². The fraction of sp³-hybridized carbons (Fsp3) is 0.562. The minimum absolute atomic E-state index is 0.0828. The maximum Gasteiger partial charge on any atom is 0.342 e. The largest absolute Gasteiger partial charge is 0.507 e. The van der Waals surface area contributed by atoms with Crippen LogP contribution in [0.5, 0.6) is 5.75 Å². The number of carbonyl (C=O) groups excluding carboxylic acids is 1. The molecule has 0 bridgehead atoms. The van der Waals surface area contributed by atoms with E-state index < -0.39 is 17.0 Å². The van der Waals surface area contributed by atoms with Crippen molar-refractivity contribution < 1.29 is 19.8 Å². The van der Waals surface area contributed by atoms with Gasteiger partial charge in [0, 0.05) is 23.9 Å². The SMILES string of the molecule is CC1(C)CC(OC(=O)c2ccccc2O)CC(C)(C)N1O. The highest BCUT2D eigenvalue weighted by Gasteiger charge is 2.46. The zero-order valence-corrected chi connectivity index (χ0v) is 13.0. The van der Waals surface area contributed by atoms with E-state index in [0.29, 0.717) is 12.8 Å². The Hall–Kier alpha value is -1.59. The Bertz CT molecular complexity index is 521. The van der Waals surface area contributed by atoms with Crippen molar-refractivity contribution in [2.75, 3.05) is 0 Å². The summed E-state index contributed by atoms with van der Waals surface area (Å²) in [6.45, 7) is 7.65. The first-order chi connectivity index (χ1) is 9.63. The summed E-state index contributed by atoms with van der Waals surface area (Å²) in [5.74, 6) is -0.614. The van der Waals surface area contributed by atoms with Crippen molar-refractivity contribution in [1.29, 1.82) is 0 Å². The van der Waals surface area contributed by atoms with E-state index >= 15 is 0 Å². The smallest absolute Gasteiger partial charge is 0.342 e. The Morgan fingerprint density at radius 2 is 1.71 bits per heavy atom. The van der Waals surface area contributed by atoms with E-state index in [0.717, 1.165) is 0 Å². The second-order valence-corrected chi connectivity index (χ2v) is 6.89. The number of ether oxygens (including phenoxy) is 1. The fourth-order valence-electron chi connectivity index (χ4n) is 3.12. The number of benzene rings is 1. The molecule has 1 aromatic carbocycles. The molecular formula is C16H23NO4. The number of para-hydroxylation sites is 1. The Labute approximate surface area is 125 Å². The van der Waals surface area contributed by atoms with Crippen LogP contribution in [0.4, 0.5) is 0 Å². The first-order valence-corrected chi connectivity index (χ1v) is 7.12. The van der Waals surface area contributed by atoms with Gasteiger partial charge < -0.3 is 15.1 Å². The first-order valence-electron chi connectivity index (χ1n) is 7.12. The molecule has 5 heteroatoms. The lowest BCUT2D eigenvalue weighted by atomic mass is 9.80. The van der Waals surface area contributed by atoms with Gasteiger partial charge in [0.2, 0.25) is 0 Å². The fourth-order valence-corrected chi connectivity index (χ4v) is 3.12. The van der Waals surface area contributed by atoms with Crippen LogP contribution in [0.25, 0.3) is 0 Å². The van der Waals surface area contributed by atoms with Gasteiger partial charge >= 0.3 is 5.97 Å². The molecule has 1 heterocycles. The third kappa shape index (κ3) is 3.19. The van der Waals surface area contributed by atoms with Gasteiger partial charge in [-0.15, -0.1) is 0 Å². The maximum absolute atomic E-state index is 12.2. The molecular weight excluding hydrogens is 270 g/mol. The Kier molecular flexibility index (Phi) is 4.00. The predicted molar refractivity (Wildman–Crippen MR) is 78.3 cm³/mol. The van der Waals surface area contributed by atoms with Gasteiger partial charge in [-0.1, -0.05) is 12.1 Å². The molecule has 0 atom stereocenters. The zero-order chi connectivity index (χ0) is 15.8. The number of phenolic OH excluding ortho intramolecular Hbond substituents is 1. The number of esters is 1. The number of hydroxylamine groups is 2. The lowest BCUT2D eigenvalue weighted by molar-refractivity contribution is -0.256. The minimum atomic E-state index is -0.531. The van der Waals surface area contributed by atoms with Crippen LogP contribution >= 0.6 is 0 Å². The number of aromatic hydroxyl groups is 1. The molecule has 2 rings (SSSR count). The molecule has 1 saturated heterocycles. The van der Waals surface area contributed by atoms with Crippen molar-refractivity contribution in [1.82, 2.24) is 5.06 Å². The van der Waals surface area contributed by atoms with Crippen molar-refractivity contribution in [2.45, 2.75) is 57.7 Å². The van der Waals surface area contributed by atoms with Gasteiger partial charge in [-0.25, -0.2) is 4.79 Å². The van der Waals surface area contributed by atoms with E-state index in [1.54, 1.807) is 12.1 Å². The van der Waals surface area contributed by atoms with Crippen molar-refractivity contribution >= 4 is 5.97 Å². The number of hydrogen-bond acceptors (Lipinski definition) is 5. The lowest BCUT2D eigenvalue weighted by Gasteiger charge is -2.50. The third-order valence-electron chi connectivity index (χ3n) is 4.00. The summed E-state index contributed by atoms with van der Waals surface area (Å²) in [6, 6.07) is 6.33.